The van der Waals surface area contributed by atoms with Crippen molar-refractivity contribution in [3.63, 3.8) is 0 Å². The maximum Gasteiger partial charge on any atom is 0.350 e. The summed E-state index contributed by atoms with van der Waals surface area (Å²) < 4.78 is 19.8. The minimum absolute atomic E-state index is 0.280. The Morgan fingerprint density at radius 3 is 2.62 bits per heavy atom. The van der Waals surface area contributed by atoms with Crippen LogP contribution in [0.3, 0.4) is 0 Å². The lowest BCUT2D eigenvalue weighted by Gasteiger charge is -1.97. The summed E-state index contributed by atoms with van der Waals surface area (Å²) in [5, 5.41) is 0. The quantitative estimate of drug-likeness (QED) is 0.593. The van der Waals surface area contributed by atoms with Gasteiger partial charge in [0.1, 0.15) is 6.21 Å². The lowest BCUT2D eigenvalue weighted by Crippen LogP contribution is -2.05. The fraction of sp³-hybridized carbons (Fsp3) is 0.273. The number of esters is 1. The third-order valence-corrected chi connectivity index (χ3v) is 2.74. The topological polar surface area (TPSA) is 55.7 Å². The molecule has 0 aromatic heterocycles. The van der Waals surface area contributed by atoms with Crippen LogP contribution in [0.4, 0.5) is 0 Å². The van der Waals surface area contributed by atoms with Gasteiger partial charge < -0.3 is 4.74 Å². The number of ether oxygens (including phenoxy) is 1. The maximum atomic E-state index is 11.6. The molecular formula is C11H13NO3S. The highest BCUT2D eigenvalue weighted by Gasteiger charge is 2.02. The number of benzene rings is 1. The summed E-state index contributed by atoms with van der Waals surface area (Å²) in [5.74, 6) is -0.581. The van der Waals surface area contributed by atoms with Gasteiger partial charge >= 0.3 is 5.97 Å². The minimum Gasteiger partial charge on any atom is -0.462 e. The molecule has 5 heteroatoms. The predicted molar refractivity (Wildman–Crippen MR) is 62.7 cm³/mol. The molecule has 0 N–H and O–H groups in total. The number of rotatable bonds is 4. The number of hydrogen-bond acceptors (Lipinski definition) is 3. The van der Waals surface area contributed by atoms with Crippen molar-refractivity contribution in [1.29, 1.82) is 0 Å². The van der Waals surface area contributed by atoms with Crippen LogP contribution >= 0.6 is 0 Å². The molecule has 1 aromatic rings. The summed E-state index contributed by atoms with van der Waals surface area (Å²) in [5.41, 5.74) is 1.08. The summed E-state index contributed by atoms with van der Waals surface area (Å²) in [4.78, 5) is 11.5. The molecular weight excluding hydrogens is 226 g/mol. The molecule has 1 atom stereocenters. The number of hydrogen-bond donors (Lipinski definition) is 0. The van der Waals surface area contributed by atoms with Crippen LogP contribution in [0, 0.1) is 6.92 Å². The lowest BCUT2D eigenvalue weighted by molar-refractivity contribution is -0.134. The van der Waals surface area contributed by atoms with E-state index in [1.807, 2.05) is 19.1 Å². The first-order chi connectivity index (χ1) is 7.63. The van der Waals surface area contributed by atoms with Crippen LogP contribution in [0.5, 0.6) is 0 Å². The molecule has 0 aliphatic rings. The van der Waals surface area contributed by atoms with E-state index in [1.54, 1.807) is 19.1 Å². The summed E-state index contributed by atoms with van der Waals surface area (Å²) in [7, 11) is -1.55. The highest BCUT2D eigenvalue weighted by molar-refractivity contribution is 7.83. The van der Waals surface area contributed by atoms with Crippen LogP contribution in [0.25, 0.3) is 0 Å². The molecule has 0 aliphatic carbocycles. The molecule has 0 amide bonds. The van der Waals surface area contributed by atoms with E-state index < -0.39 is 17.0 Å². The SMILES string of the molecule is CCOC(=O)/C=N/[S@](=O)c1ccc(C)cc1. The van der Waals surface area contributed by atoms with Gasteiger partial charge in [-0.05, 0) is 26.0 Å². The van der Waals surface area contributed by atoms with Crippen molar-refractivity contribution in [2.24, 2.45) is 4.40 Å². The van der Waals surface area contributed by atoms with Crippen molar-refractivity contribution >= 4 is 23.2 Å². The molecule has 16 heavy (non-hydrogen) atoms. The second kappa shape index (κ2) is 6.17. The first-order valence-corrected chi connectivity index (χ1v) is 5.93. The van der Waals surface area contributed by atoms with Crippen LogP contribution in [-0.2, 0) is 20.5 Å². The lowest BCUT2D eigenvalue weighted by atomic mass is 10.2. The smallest absolute Gasteiger partial charge is 0.350 e. The van der Waals surface area contributed by atoms with E-state index in [4.69, 9.17) is 0 Å². The van der Waals surface area contributed by atoms with Gasteiger partial charge in [0, 0.05) is 0 Å². The maximum absolute atomic E-state index is 11.6. The average molecular weight is 239 g/mol. The van der Waals surface area contributed by atoms with E-state index in [9.17, 15) is 9.00 Å². The van der Waals surface area contributed by atoms with E-state index in [0.717, 1.165) is 11.8 Å². The van der Waals surface area contributed by atoms with Crippen molar-refractivity contribution in [3.8, 4) is 0 Å². The number of carbonyl (C=O) groups is 1. The Bertz CT molecular complexity index is 412. The fourth-order valence-electron chi connectivity index (χ4n) is 0.986. The van der Waals surface area contributed by atoms with Gasteiger partial charge in [-0.15, -0.1) is 0 Å². The Balaban J connectivity index is 2.65. The Kier molecular flexibility index (Phi) is 4.85. The summed E-state index contributed by atoms with van der Waals surface area (Å²) in [6.07, 6.45) is 0.944. The molecule has 0 unspecified atom stereocenters. The molecule has 86 valence electrons. The van der Waals surface area contributed by atoms with Crippen molar-refractivity contribution < 1.29 is 13.7 Å². The van der Waals surface area contributed by atoms with Gasteiger partial charge in [0.05, 0.1) is 11.5 Å². The van der Waals surface area contributed by atoms with E-state index in [-0.39, 0.29) is 6.61 Å². The van der Waals surface area contributed by atoms with Crippen molar-refractivity contribution in [1.82, 2.24) is 0 Å². The van der Waals surface area contributed by atoms with Gasteiger partial charge in [-0.2, -0.15) is 4.40 Å². The molecule has 0 spiro atoms. The number of nitrogens with zero attached hydrogens (tertiary/aromatic N) is 1. The number of aryl methyl sites for hydroxylation is 1. The normalized spacial score (nSPS) is 12.6. The van der Waals surface area contributed by atoms with Gasteiger partial charge in [-0.25, -0.2) is 9.00 Å². The Hall–Kier alpha value is -1.49. The molecule has 0 bridgehead atoms. The Morgan fingerprint density at radius 1 is 1.44 bits per heavy atom. The Morgan fingerprint density at radius 2 is 2.06 bits per heavy atom. The van der Waals surface area contributed by atoms with Crippen molar-refractivity contribution in [2.75, 3.05) is 6.61 Å². The molecule has 1 aromatic carbocycles. The highest BCUT2D eigenvalue weighted by Crippen LogP contribution is 2.08. The first-order valence-electron chi connectivity index (χ1n) is 4.83. The molecule has 0 saturated carbocycles. The highest BCUT2D eigenvalue weighted by atomic mass is 32.2. The molecule has 1 rings (SSSR count). The molecule has 0 fully saturated rings. The zero-order valence-electron chi connectivity index (χ0n) is 9.17. The standard InChI is InChI=1S/C11H13NO3S/c1-3-15-11(13)8-12-16(14)10-6-4-9(2)5-7-10/h4-8H,3H2,1-2H3/b12-8+/t16-/m1/s1. The van der Waals surface area contributed by atoms with Crippen molar-refractivity contribution in [2.45, 2.75) is 18.7 Å². The largest absolute Gasteiger partial charge is 0.462 e. The second-order valence-corrected chi connectivity index (χ2v) is 4.23. The fourth-order valence-corrected chi connectivity index (χ4v) is 1.66. The van der Waals surface area contributed by atoms with E-state index in [1.165, 1.54) is 0 Å². The third-order valence-electron chi connectivity index (χ3n) is 1.76. The monoisotopic (exact) mass is 239 g/mol. The minimum atomic E-state index is -1.55. The zero-order valence-corrected chi connectivity index (χ0v) is 9.99. The molecule has 0 heterocycles. The Labute approximate surface area is 96.9 Å². The van der Waals surface area contributed by atoms with Crippen LogP contribution in [0.2, 0.25) is 0 Å². The van der Waals surface area contributed by atoms with Crippen LogP contribution in [0.1, 0.15) is 12.5 Å². The average Bonchev–Trinajstić information content (AvgIpc) is 2.27. The van der Waals surface area contributed by atoms with Gasteiger partial charge in [0.2, 0.25) is 0 Å². The van der Waals surface area contributed by atoms with Crippen LogP contribution in [-0.4, -0.2) is 23.0 Å². The first kappa shape index (κ1) is 12.6. The third kappa shape index (κ3) is 3.94. The summed E-state index contributed by atoms with van der Waals surface area (Å²) >= 11 is 0. The molecule has 0 saturated heterocycles. The van der Waals surface area contributed by atoms with Gasteiger partial charge in [-0.1, -0.05) is 17.7 Å². The van der Waals surface area contributed by atoms with Crippen molar-refractivity contribution in [3.05, 3.63) is 29.8 Å². The zero-order chi connectivity index (χ0) is 12.0. The molecule has 0 radical (unpaired) electrons. The summed E-state index contributed by atoms with van der Waals surface area (Å²) in [6, 6.07) is 7.11. The summed E-state index contributed by atoms with van der Waals surface area (Å²) in [6.45, 7) is 3.92. The molecule has 0 aliphatic heterocycles. The van der Waals surface area contributed by atoms with Crippen LogP contribution in [0.15, 0.2) is 33.6 Å². The predicted octanol–water partition coefficient (Wildman–Crippen LogP) is 1.65. The van der Waals surface area contributed by atoms with E-state index >= 15 is 0 Å². The van der Waals surface area contributed by atoms with E-state index in [0.29, 0.717) is 4.90 Å². The van der Waals surface area contributed by atoms with Gasteiger partial charge in [0.15, 0.2) is 11.0 Å². The van der Waals surface area contributed by atoms with E-state index in [2.05, 4.69) is 9.13 Å². The second-order valence-electron chi connectivity index (χ2n) is 3.05. The van der Waals surface area contributed by atoms with Gasteiger partial charge in [-0.3, -0.25) is 0 Å². The molecule has 4 nitrogen and oxygen atoms in total. The van der Waals surface area contributed by atoms with Gasteiger partial charge in [0.25, 0.3) is 0 Å². The van der Waals surface area contributed by atoms with Crippen LogP contribution < -0.4 is 0 Å². The number of carbonyl (C=O) groups excluding carboxylic acids is 1.